The lowest BCUT2D eigenvalue weighted by atomic mass is 9.93. The number of amides is 1. The molecule has 1 aliphatic carbocycles. The van der Waals surface area contributed by atoms with Gasteiger partial charge in [0.15, 0.2) is 0 Å². The molecule has 3 aliphatic rings. The largest absolute Gasteiger partial charge is 0.496 e. The van der Waals surface area contributed by atoms with Crippen LogP contribution in [0.4, 0.5) is 37.0 Å². The van der Waals surface area contributed by atoms with E-state index in [1.165, 1.54) is 18.9 Å². The van der Waals surface area contributed by atoms with E-state index in [4.69, 9.17) is 14.5 Å². The summed E-state index contributed by atoms with van der Waals surface area (Å²) in [6, 6.07) is 7.88. The summed E-state index contributed by atoms with van der Waals surface area (Å²) in [6.07, 6.45) is -9.72. The number of aryl methyl sites for hydroxylation is 1. The average molecular weight is 648 g/mol. The van der Waals surface area contributed by atoms with Gasteiger partial charge in [-0.2, -0.15) is 26.3 Å². The normalized spacial score (nSPS) is 22.8. The molecule has 2 aromatic carbocycles. The van der Waals surface area contributed by atoms with Gasteiger partial charge in [-0.3, -0.25) is 4.90 Å². The van der Waals surface area contributed by atoms with Crippen molar-refractivity contribution in [3.8, 4) is 16.9 Å². The van der Waals surface area contributed by atoms with Crippen LogP contribution in [-0.2, 0) is 28.4 Å². The highest BCUT2D eigenvalue weighted by Gasteiger charge is 2.44. The first-order chi connectivity index (χ1) is 21.7. The predicted octanol–water partition coefficient (Wildman–Crippen LogP) is 7.70. The first-order valence-electron chi connectivity index (χ1n) is 14.8. The van der Waals surface area contributed by atoms with E-state index in [2.05, 4.69) is 4.90 Å². The van der Waals surface area contributed by atoms with Crippen molar-refractivity contribution >= 4 is 18.2 Å². The Bertz CT molecular complexity index is 1650. The Morgan fingerprint density at radius 1 is 1.00 bits per heavy atom. The van der Waals surface area contributed by atoms with Crippen molar-refractivity contribution in [3.05, 3.63) is 76.0 Å². The van der Waals surface area contributed by atoms with Gasteiger partial charge in [0.05, 0.1) is 36.5 Å². The number of benzene rings is 2. The first kappa shape index (κ1) is 31.7. The molecule has 1 aromatic heterocycles. The number of carbonyl (C=O) groups is 2. The number of methoxy groups -OCH3 is 1. The number of pyridine rings is 1. The second kappa shape index (κ2) is 11.5. The van der Waals surface area contributed by atoms with Gasteiger partial charge in [-0.05, 0) is 85.7 Å². The maximum absolute atomic E-state index is 13.6. The molecule has 3 fully saturated rings. The number of aromatic nitrogens is 1. The number of alkyl halides is 6. The van der Waals surface area contributed by atoms with E-state index < -0.39 is 47.3 Å². The van der Waals surface area contributed by atoms with Crippen molar-refractivity contribution in [2.45, 2.75) is 63.7 Å². The summed E-state index contributed by atoms with van der Waals surface area (Å²) in [5.41, 5.74) is 0.223. The molecule has 46 heavy (non-hydrogen) atoms. The molecule has 1 saturated carbocycles. The van der Waals surface area contributed by atoms with Crippen molar-refractivity contribution in [2.24, 2.45) is 5.92 Å². The summed E-state index contributed by atoms with van der Waals surface area (Å²) < 4.78 is 92.8. The van der Waals surface area contributed by atoms with Crippen molar-refractivity contribution < 1.29 is 45.4 Å². The second-order valence-corrected chi connectivity index (χ2v) is 12.1. The second-order valence-electron chi connectivity index (χ2n) is 12.1. The molecule has 2 aliphatic heterocycles. The lowest BCUT2D eigenvalue weighted by Crippen LogP contribution is -2.38. The maximum atomic E-state index is 13.6. The molecule has 6 rings (SSSR count). The fourth-order valence-corrected chi connectivity index (χ4v) is 6.27. The Hall–Kier alpha value is -4.29. The highest BCUT2D eigenvalue weighted by atomic mass is 19.4. The van der Waals surface area contributed by atoms with Gasteiger partial charge < -0.3 is 19.2 Å². The minimum absolute atomic E-state index is 0.0451. The number of cyclic esters (lactones) is 1. The van der Waals surface area contributed by atoms with Gasteiger partial charge in [-0.25, -0.2) is 9.78 Å². The maximum Gasteiger partial charge on any atom is 0.416 e. The predicted molar refractivity (Wildman–Crippen MR) is 155 cm³/mol. The first-order valence-corrected chi connectivity index (χ1v) is 14.8. The number of halogens is 6. The number of rotatable bonds is 8. The number of nitrogens with zero attached hydrogens (tertiary/aromatic N) is 3. The molecule has 244 valence electrons. The fraction of sp³-hybridized carbons (Fsp3) is 0.424. The smallest absolute Gasteiger partial charge is 0.416 e. The lowest BCUT2D eigenvalue weighted by molar-refractivity contribution is -0.143. The molecule has 1 amide bonds. The van der Waals surface area contributed by atoms with Gasteiger partial charge in [0.25, 0.3) is 0 Å². The number of hydrogen-bond donors (Lipinski definition) is 0. The van der Waals surface area contributed by atoms with Crippen molar-refractivity contribution in [3.63, 3.8) is 0 Å². The van der Waals surface area contributed by atoms with Crippen LogP contribution in [0.25, 0.3) is 11.1 Å². The Morgan fingerprint density at radius 3 is 2.22 bits per heavy atom. The van der Waals surface area contributed by atoms with Crippen LogP contribution >= 0.6 is 0 Å². The topological polar surface area (TPSA) is 72.0 Å². The van der Waals surface area contributed by atoms with Crippen LogP contribution in [0.5, 0.6) is 5.75 Å². The van der Waals surface area contributed by atoms with Gasteiger partial charge in [-0.15, -0.1) is 0 Å². The third kappa shape index (κ3) is 5.87. The van der Waals surface area contributed by atoms with Crippen molar-refractivity contribution in [1.29, 1.82) is 0 Å². The Morgan fingerprint density at radius 2 is 1.67 bits per heavy atom. The molecule has 2 saturated heterocycles. The molecule has 4 atom stereocenters. The van der Waals surface area contributed by atoms with Crippen LogP contribution in [-0.4, -0.2) is 48.5 Å². The molecule has 0 spiro atoms. The van der Waals surface area contributed by atoms with E-state index in [9.17, 15) is 35.9 Å². The summed E-state index contributed by atoms with van der Waals surface area (Å²) in [5.74, 6) is 1.22. The van der Waals surface area contributed by atoms with Crippen LogP contribution in [0.2, 0.25) is 0 Å². The lowest BCUT2D eigenvalue weighted by Gasteiger charge is -2.33. The van der Waals surface area contributed by atoms with Gasteiger partial charge in [-0.1, -0.05) is 6.07 Å². The zero-order chi connectivity index (χ0) is 33.1. The highest BCUT2D eigenvalue weighted by molar-refractivity contribution is 5.79. The molecule has 0 N–H and O–H groups in total. The van der Waals surface area contributed by atoms with E-state index in [0.29, 0.717) is 40.5 Å². The molecular weight excluding hydrogens is 616 g/mol. The molecule has 0 radical (unpaired) electrons. The van der Waals surface area contributed by atoms with Gasteiger partial charge >= 0.3 is 18.4 Å². The van der Waals surface area contributed by atoms with Crippen molar-refractivity contribution in [1.82, 2.24) is 9.88 Å². The quantitative estimate of drug-likeness (QED) is 0.184. The Balaban J connectivity index is 1.40. The minimum Gasteiger partial charge on any atom is -0.496 e. The van der Waals surface area contributed by atoms with Crippen LogP contribution in [0.1, 0.15) is 65.3 Å². The zero-order valence-corrected chi connectivity index (χ0v) is 25.2. The molecule has 3 heterocycles. The Labute approximate surface area is 261 Å². The summed E-state index contributed by atoms with van der Waals surface area (Å²) in [5, 5.41) is 0. The van der Waals surface area contributed by atoms with E-state index in [-0.39, 0.29) is 24.4 Å². The molecular formula is C33H31F6N3O4. The van der Waals surface area contributed by atoms with Gasteiger partial charge in [0.1, 0.15) is 24.0 Å². The summed E-state index contributed by atoms with van der Waals surface area (Å²) in [6.45, 7) is 4.87. The van der Waals surface area contributed by atoms with Crippen LogP contribution in [0.15, 0.2) is 42.5 Å². The minimum atomic E-state index is -5.05. The van der Waals surface area contributed by atoms with Crippen LogP contribution in [0.3, 0.4) is 0 Å². The summed E-state index contributed by atoms with van der Waals surface area (Å²) in [7, 11) is 1.52. The summed E-state index contributed by atoms with van der Waals surface area (Å²) in [4.78, 5) is 32.9. The number of hydrogen-bond acceptors (Lipinski definition) is 6. The molecule has 7 nitrogen and oxygen atoms in total. The van der Waals surface area contributed by atoms with Gasteiger partial charge in [0, 0.05) is 30.1 Å². The van der Waals surface area contributed by atoms with Crippen molar-refractivity contribution in [2.75, 3.05) is 25.1 Å². The third-order valence-corrected chi connectivity index (χ3v) is 9.04. The monoisotopic (exact) mass is 647 g/mol. The van der Waals surface area contributed by atoms with E-state index in [1.807, 2.05) is 31.2 Å². The number of aldehydes is 1. The van der Waals surface area contributed by atoms with E-state index in [0.717, 1.165) is 43.3 Å². The van der Waals surface area contributed by atoms with E-state index in [1.54, 1.807) is 0 Å². The number of carbonyl (C=O) groups excluding carboxylic acids is 2. The SMILES string of the molecule is COc1ccc(C2C[C@H]2C=O)cc1-c1c(C)cc(N2CCC2)nc1CN1C(=O)O[C@H](c2cc(C(F)(F)F)cc(C(F)(F)F)c2)[C@@H]1C. The highest BCUT2D eigenvalue weighted by Crippen LogP contribution is 2.49. The molecule has 3 aromatic rings. The summed E-state index contributed by atoms with van der Waals surface area (Å²) >= 11 is 0. The van der Waals surface area contributed by atoms with Crippen LogP contribution < -0.4 is 9.64 Å². The Kier molecular flexibility index (Phi) is 7.92. The third-order valence-electron chi connectivity index (χ3n) is 9.04. The molecule has 0 bridgehead atoms. The standard InChI is InChI=1S/C33H31F6N3O4/c1-17-9-28(41-7-4-8-41)40-26(29(17)25-12-19(5-6-27(25)45-3)24-13-21(24)16-43)15-42-18(2)30(46-31(42)44)20-10-22(32(34,35)36)14-23(11-20)33(37,38)39/h5-6,9-12,14,16,18,21,24,30H,4,7-8,13,15H2,1-3H3/t18-,21-,24?,30-/m0/s1. The average Bonchev–Trinajstić information content (AvgIpc) is 3.70. The van der Waals surface area contributed by atoms with E-state index >= 15 is 0 Å². The van der Waals surface area contributed by atoms with Gasteiger partial charge in [0.2, 0.25) is 0 Å². The number of anilines is 1. The number of ether oxygens (including phenoxy) is 2. The molecule has 13 heteroatoms. The molecule has 1 unspecified atom stereocenters. The van der Waals surface area contributed by atoms with Crippen LogP contribution in [0, 0.1) is 12.8 Å². The zero-order valence-electron chi connectivity index (χ0n) is 25.2. The fourth-order valence-electron chi connectivity index (χ4n) is 6.27.